The SMILES string of the molecule is CS(=O)(=O)N(CCNC(=O)C1CCOCC1)c1ccccc1F. The first-order valence-corrected chi connectivity index (χ1v) is 9.32. The Morgan fingerprint density at radius 2 is 2.00 bits per heavy atom. The van der Waals surface area contributed by atoms with Gasteiger partial charge in [0.15, 0.2) is 0 Å². The fraction of sp³-hybridized carbons (Fsp3) is 0.533. The highest BCUT2D eigenvalue weighted by atomic mass is 32.2. The molecule has 1 saturated heterocycles. The summed E-state index contributed by atoms with van der Waals surface area (Å²) in [7, 11) is -3.64. The van der Waals surface area contributed by atoms with Gasteiger partial charge in [-0.1, -0.05) is 12.1 Å². The van der Waals surface area contributed by atoms with Crippen LogP contribution in [0.25, 0.3) is 0 Å². The predicted molar refractivity (Wildman–Crippen MR) is 85.1 cm³/mol. The van der Waals surface area contributed by atoms with Crippen LogP contribution in [0.1, 0.15) is 12.8 Å². The highest BCUT2D eigenvalue weighted by molar-refractivity contribution is 7.92. The number of amides is 1. The third kappa shape index (κ3) is 4.90. The molecule has 0 radical (unpaired) electrons. The molecular formula is C15H21FN2O4S. The summed E-state index contributed by atoms with van der Waals surface area (Å²) in [5, 5.41) is 2.72. The third-order valence-electron chi connectivity index (χ3n) is 3.73. The van der Waals surface area contributed by atoms with Crippen LogP contribution >= 0.6 is 0 Å². The van der Waals surface area contributed by atoms with Gasteiger partial charge in [0.2, 0.25) is 15.9 Å². The average molecular weight is 344 g/mol. The van der Waals surface area contributed by atoms with Gasteiger partial charge in [-0.2, -0.15) is 0 Å². The van der Waals surface area contributed by atoms with E-state index < -0.39 is 15.8 Å². The Morgan fingerprint density at radius 3 is 2.61 bits per heavy atom. The summed E-state index contributed by atoms with van der Waals surface area (Å²) in [4.78, 5) is 12.0. The Morgan fingerprint density at radius 1 is 1.35 bits per heavy atom. The lowest BCUT2D eigenvalue weighted by Gasteiger charge is -2.24. The van der Waals surface area contributed by atoms with Crippen LogP contribution in [-0.2, 0) is 19.6 Å². The van der Waals surface area contributed by atoms with Crippen LogP contribution in [0.5, 0.6) is 0 Å². The average Bonchev–Trinajstić information content (AvgIpc) is 2.52. The highest BCUT2D eigenvalue weighted by Crippen LogP contribution is 2.21. The van der Waals surface area contributed by atoms with Gasteiger partial charge in [-0.3, -0.25) is 9.10 Å². The summed E-state index contributed by atoms with van der Waals surface area (Å²) < 4.78 is 43.8. The van der Waals surface area contributed by atoms with E-state index in [-0.39, 0.29) is 30.6 Å². The number of sulfonamides is 1. The largest absolute Gasteiger partial charge is 0.381 e. The topological polar surface area (TPSA) is 75.7 Å². The van der Waals surface area contributed by atoms with Gasteiger partial charge in [0, 0.05) is 25.7 Å². The lowest BCUT2D eigenvalue weighted by Crippen LogP contribution is -2.41. The molecule has 0 spiro atoms. The lowest BCUT2D eigenvalue weighted by molar-refractivity contribution is -0.127. The van der Waals surface area contributed by atoms with Crippen molar-refractivity contribution in [2.45, 2.75) is 12.8 Å². The number of ether oxygens (including phenoxy) is 1. The van der Waals surface area contributed by atoms with E-state index in [1.807, 2.05) is 0 Å². The Kier molecular flexibility index (Phi) is 5.95. The maximum atomic E-state index is 13.8. The molecule has 128 valence electrons. The van der Waals surface area contributed by atoms with Crippen LogP contribution in [0.15, 0.2) is 24.3 Å². The molecule has 1 fully saturated rings. The van der Waals surface area contributed by atoms with Crippen molar-refractivity contribution in [2.24, 2.45) is 5.92 Å². The molecule has 8 heteroatoms. The number of hydrogen-bond donors (Lipinski definition) is 1. The fourth-order valence-electron chi connectivity index (χ4n) is 2.50. The maximum Gasteiger partial charge on any atom is 0.232 e. The molecule has 0 bridgehead atoms. The zero-order valence-corrected chi connectivity index (χ0v) is 13.8. The smallest absolute Gasteiger partial charge is 0.232 e. The molecule has 2 rings (SSSR count). The Bertz CT molecular complexity index is 645. The molecule has 1 heterocycles. The molecule has 1 amide bonds. The second-order valence-electron chi connectivity index (χ2n) is 5.46. The Hall–Kier alpha value is -1.67. The number of anilines is 1. The van der Waals surface area contributed by atoms with Crippen molar-refractivity contribution < 1.29 is 22.3 Å². The first kappa shape index (κ1) is 17.7. The molecule has 0 aliphatic carbocycles. The molecule has 23 heavy (non-hydrogen) atoms. The molecular weight excluding hydrogens is 323 g/mol. The summed E-state index contributed by atoms with van der Waals surface area (Å²) in [5.74, 6) is -0.840. The summed E-state index contributed by atoms with van der Waals surface area (Å²) in [6.45, 7) is 1.22. The van der Waals surface area contributed by atoms with Gasteiger partial charge in [-0.15, -0.1) is 0 Å². The summed E-state index contributed by atoms with van der Waals surface area (Å²) in [6.07, 6.45) is 2.34. The quantitative estimate of drug-likeness (QED) is 0.839. The lowest BCUT2D eigenvalue weighted by atomic mass is 9.99. The number of benzene rings is 1. The molecule has 1 aliphatic heterocycles. The second kappa shape index (κ2) is 7.74. The number of nitrogens with zero attached hydrogens (tertiary/aromatic N) is 1. The van der Waals surface area contributed by atoms with Crippen molar-refractivity contribution in [2.75, 3.05) is 36.9 Å². The van der Waals surface area contributed by atoms with E-state index in [0.29, 0.717) is 26.1 Å². The molecule has 1 aromatic carbocycles. The number of hydrogen-bond acceptors (Lipinski definition) is 4. The van der Waals surface area contributed by atoms with Gasteiger partial charge in [0.25, 0.3) is 0 Å². The second-order valence-corrected chi connectivity index (χ2v) is 7.37. The minimum atomic E-state index is -3.64. The third-order valence-corrected chi connectivity index (χ3v) is 4.91. The molecule has 1 aliphatic rings. The number of carbonyl (C=O) groups excluding carboxylic acids is 1. The van der Waals surface area contributed by atoms with Gasteiger partial charge in [-0.05, 0) is 25.0 Å². The molecule has 1 N–H and O–H groups in total. The molecule has 1 aromatic rings. The van der Waals surface area contributed by atoms with Gasteiger partial charge < -0.3 is 10.1 Å². The number of rotatable bonds is 6. The molecule has 0 atom stereocenters. The van der Waals surface area contributed by atoms with Gasteiger partial charge in [0.1, 0.15) is 5.82 Å². The van der Waals surface area contributed by atoms with Crippen molar-refractivity contribution in [1.82, 2.24) is 5.32 Å². The van der Waals surface area contributed by atoms with E-state index in [1.165, 1.54) is 18.2 Å². The summed E-state index contributed by atoms with van der Waals surface area (Å²) in [6, 6.07) is 5.66. The normalized spacial score (nSPS) is 16.1. The van der Waals surface area contributed by atoms with Crippen LogP contribution in [0.3, 0.4) is 0 Å². The number of nitrogens with one attached hydrogen (secondary N) is 1. The van der Waals surface area contributed by atoms with Crippen molar-refractivity contribution in [3.05, 3.63) is 30.1 Å². The Balaban J connectivity index is 1.97. The zero-order chi connectivity index (χ0) is 16.9. The van der Waals surface area contributed by atoms with E-state index in [9.17, 15) is 17.6 Å². The fourth-order valence-corrected chi connectivity index (χ4v) is 3.43. The minimum absolute atomic E-state index is 0.0182. The zero-order valence-electron chi connectivity index (χ0n) is 13.0. The van der Waals surface area contributed by atoms with Crippen molar-refractivity contribution in [3.8, 4) is 0 Å². The van der Waals surface area contributed by atoms with E-state index in [1.54, 1.807) is 6.07 Å². The predicted octanol–water partition coefficient (Wildman–Crippen LogP) is 1.13. The summed E-state index contributed by atoms with van der Waals surface area (Å²) >= 11 is 0. The van der Waals surface area contributed by atoms with Crippen LogP contribution in [0, 0.1) is 11.7 Å². The highest BCUT2D eigenvalue weighted by Gasteiger charge is 2.23. The minimum Gasteiger partial charge on any atom is -0.381 e. The standard InChI is InChI=1S/C15H21FN2O4S/c1-23(20,21)18(14-5-3-2-4-13(14)16)9-8-17-15(19)12-6-10-22-11-7-12/h2-5,12H,6-11H2,1H3,(H,17,19). The number of para-hydroxylation sites is 1. The van der Waals surface area contributed by atoms with Gasteiger partial charge in [-0.25, -0.2) is 12.8 Å². The first-order valence-electron chi connectivity index (χ1n) is 7.47. The van der Waals surface area contributed by atoms with Gasteiger partial charge >= 0.3 is 0 Å². The van der Waals surface area contributed by atoms with E-state index >= 15 is 0 Å². The van der Waals surface area contributed by atoms with E-state index in [0.717, 1.165) is 10.6 Å². The molecule has 0 unspecified atom stereocenters. The maximum absolute atomic E-state index is 13.8. The number of carbonyl (C=O) groups is 1. The van der Waals surface area contributed by atoms with Crippen LogP contribution in [0.4, 0.5) is 10.1 Å². The molecule has 0 saturated carbocycles. The van der Waals surface area contributed by atoms with Gasteiger partial charge in [0.05, 0.1) is 18.5 Å². The van der Waals surface area contributed by atoms with E-state index in [2.05, 4.69) is 5.32 Å². The van der Waals surface area contributed by atoms with Crippen molar-refractivity contribution in [1.29, 1.82) is 0 Å². The van der Waals surface area contributed by atoms with Crippen LogP contribution in [-0.4, -0.2) is 46.9 Å². The Labute approximate surface area is 135 Å². The van der Waals surface area contributed by atoms with Crippen molar-refractivity contribution >= 4 is 21.6 Å². The molecule has 0 aromatic heterocycles. The van der Waals surface area contributed by atoms with Crippen LogP contribution < -0.4 is 9.62 Å². The molecule has 6 nitrogen and oxygen atoms in total. The monoisotopic (exact) mass is 344 g/mol. The first-order chi connectivity index (χ1) is 10.9. The van der Waals surface area contributed by atoms with E-state index in [4.69, 9.17) is 4.74 Å². The van der Waals surface area contributed by atoms with Crippen LogP contribution in [0.2, 0.25) is 0 Å². The summed E-state index contributed by atoms with van der Waals surface area (Å²) in [5.41, 5.74) is -0.0182. The van der Waals surface area contributed by atoms with Crippen molar-refractivity contribution in [3.63, 3.8) is 0 Å². The number of halogens is 1.